The van der Waals surface area contributed by atoms with Gasteiger partial charge in [-0.15, -0.1) is 10.2 Å². The zero-order chi connectivity index (χ0) is 23.2. The molecule has 0 aliphatic carbocycles. The summed E-state index contributed by atoms with van der Waals surface area (Å²) >= 11 is 7.82. The summed E-state index contributed by atoms with van der Waals surface area (Å²) in [5.74, 6) is 0.838. The Balaban J connectivity index is 1.57. The van der Waals surface area contributed by atoms with Gasteiger partial charge in [0.25, 0.3) is 0 Å². The van der Waals surface area contributed by atoms with Crippen LogP contribution in [0, 0.1) is 6.92 Å². The highest BCUT2D eigenvalue weighted by molar-refractivity contribution is 7.99. The summed E-state index contributed by atoms with van der Waals surface area (Å²) in [5.41, 5.74) is 5.01. The molecule has 0 saturated carbocycles. The molecule has 0 radical (unpaired) electrons. The average molecular weight is 477 g/mol. The molecule has 0 aliphatic rings. The number of para-hydroxylation sites is 1. The number of thioether (sulfide) groups is 1. The maximum Gasteiger partial charge on any atom is 0.234 e. The molecule has 4 aromatic rings. The molecule has 0 fully saturated rings. The number of nitrogens with one attached hydrogen (secondary N) is 1. The Morgan fingerprint density at radius 1 is 1.00 bits per heavy atom. The maximum atomic E-state index is 12.8. The minimum absolute atomic E-state index is 0.0717. The molecule has 0 atom stereocenters. The molecule has 5 nitrogen and oxygen atoms in total. The minimum atomic E-state index is -0.0717. The highest BCUT2D eigenvalue weighted by Crippen LogP contribution is 2.30. The first-order chi connectivity index (χ1) is 16.1. The Labute approximate surface area is 203 Å². The van der Waals surface area contributed by atoms with Crippen LogP contribution in [0.3, 0.4) is 0 Å². The van der Waals surface area contributed by atoms with Crippen molar-refractivity contribution in [2.45, 2.75) is 32.0 Å². The predicted molar refractivity (Wildman–Crippen MR) is 136 cm³/mol. The van der Waals surface area contributed by atoms with Crippen LogP contribution >= 0.6 is 23.4 Å². The van der Waals surface area contributed by atoms with Crippen LogP contribution in [0.2, 0.25) is 5.02 Å². The van der Waals surface area contributed by atoms with Gasteiger partial charge in [-0.1, -0.05) is 91.0 Å². The summed E-state index contributed by atoms with van der Waals surface area (Å²) < 4.78 is 2.01. The first kappa shape index (κ1) is 23.1. The largest absolute Gasteiger partial charge is 0.325 e. The van der Waals surface area contributed by atoms with E-state index < -0.39 is 0 Å². The van der Waals surface area contributed by atoms with Gasteiger partial charge < -0.3 is 5.32 Å². The van der Waals surface area contributed by atoms with Crippen molar-refractivity contribution in [3.05, 3.63) is 94.5 Å². The van der Waals surface area contributed by atoms with E-state index in [1.807, 2.05) is 72.2 Å². The van der Waals surface area contributed by atoms with Gasteiger partial charge in [-0.2, -0.15) is 0 Å². The van der Waals surface area contributed by atoms with Gasteiger partial charge in [-0.25, -0.2) is 0 Å². The summed E-state index contributed by atoms with van der Waals surface area (Å²) in [6.07, 6.45) is 0.858. The Morgan fingerprint density at radius 3 is 2.52 bits per heavy atom. The van der Waals surface area contributed by atoms with Crippen LogP contribution in [0.5, 0.6) is 0 Å². The van der Waals surface area contributed by atoms with Crippen molar-refractivity contribution in [2.24, 2.45) is 0 Å². The van der Waals surface area contributed by atoms with E-state index in [-0.39, 0.29) is 11.7 Å². The fourth-order valence-corrected chi connectivity index (χ4v) is 4.61. The molecule has 33 heavy (non-hydrogen) atoms. The predicted octanol–water partition coefficient (Wildman–Crippen LogP) is 6.25. The quantitative estimate of drug-likeness (QED) is 0.305. The molecule has 3 aromatic carbocycles. The van der Waals surface area contributed by atoms with Crippen molar-refractivity contribution in [2.75, 3.05) is 11.1 Å². The molecule has 0 saturated heterocycles. The summed E-state index contributed by atoms with van der Waals surface area (Å²) in [7, 11) is 0. The van der Waals surface area contributed by atoms with E-state index in [2.05, 4.69) is 34.6 Å². The summed E-state index contributed by atoms with van der Waals surface area (Å²) in [4.78, 5) is 12.8. The summed E-state index contributed by atoms with van der Waals surface area (Å²) in [6, 6.07) is 23.8. The number of anilines is 1. The molecule has 0 aliphatic heterocycles. The van der Waals surface area contributed by atoms with Crippen LogP contribution in [0.4, 0.5) is 5.69 Å². The Hall–Kier alpha value is -3.09. The van der Waals surface area contributed by atoms with Crippen molar-refractivity contribution in [3.63, 3.8) is 0 Å². The summed E-state index contributed by atoms with van der Waals surface area (Å²) in [6.45, 7) is 4.67. The van der Waals surface area contributed by atoms with Crippen molar-refractivity contribution in [1.29, 1.82) is 0 Å². The van der Waals surface area contributed by atoms with Crippen LogP contribution in [0.25, 0.3) is 11.4 Å². The molecular weight excluding hydrogens is 452 g/mol. The number of carbonyl (C=O) groups excluding carboxylic acids is 1. The van der Waals surface area contributed by atoms with E-state index in [0.717, 1.165) is 34.4 Å². The number of benzene rings is 3. The third kappa shape index (κ3) is 5.46. The van der Waals surface area contributed by atoms with Gasteiger partial charge in [-0.05, 0) is 42.2 Å². The fourth-order valence-electron chi connectivity index (χ4n) is 3.65. The lowest BCUT2D eigenvalue weighted by Crippen LogP contribution is -2.17. The van der Waals surface area contributed by atoms with Crippen LogP contribution in [-0.4, -0.2) is 26.4 Å². The number of halogens is 1. The highest BCUT2D eigenvalue weighted by atomic mass is 35.5. The van der Waals surface area contributed by atoms with Gasteiger partial charge in [0.05, 0.1) is 17.3 Å². The van der Waals surface area contributed by atoms with E-state index in [1.165, 1.54) is 11.8 Å². The minimum Gasteiger partial charge on any atom is -0.325 e. The highest BCUT2D eigenvalue weighted by Gasteiger charge is 2.18. The van der Waals surface area contributed by atoms with Gasteiger partial charge in [0.1, 0.15) is 0 Å². The van der Waals surface area contributed by atoms with Crippen LogP contribution in [-0.2, 0) is 17.8 Å². The SMILES string of the molecule is CCc1cccc(C)c1NC(=O)CSc1nnc(-c2ccccc2Cl)n1Cc1ccccc1. The number of carbonyl (C=O) groups is 1. The molecular formula is C26H25ClN4OS. The number of aryl methyl sites for hydroxylation is 2. The summed E-state index contributed by atoms with van der Waals surface area (Å²) in [5, 5.41) is 13.2. The second-order valence-electron chi connectivity index (χ2n) is 7.66. The van der Waals surface area contributed by atoms with Gasteiger partial charge in [0, 0.05) is 11.3 Å². The zero-order valence-electron chi connectivity index (χ0n) is 18.6. The first-order valence-electron chi connectivity index (χ1n) is 10.8. The number of nitrogens with zero attached hydrogens (tertiary/aromatic N) is 3. The molecule has 1 N–H and O–H groups in total. The van der Waals surface area contributed by atoms with E-state index in [4.69, 9.17) is 11.6 Å². The molecule has 0 spiro atoms. The molecule has 4 rings (SSSR count). The zero-order valence-corrected chi connectivity index (χ0v) is 20.2. The van der Waals surface area contributed by atoms with Crippen molar-refractivity contribution in [1.82, 2.24) is 14.8 Å². The lowest BCUT2D eigenvalue weighted by Gasteiger charge is -2.13. The number of hydrogen-bond donors (Lipinski definition) is 1. The van der Waals surface area contributed by atoms with E-state index in [9.17, 15) is 4.79 Å². The topological polar surface area (TPSA) is 59.8 Å². The number of amides is 1. The third-order valence-electron chi connectivity index (χ3n) is 5.35. The Morgan fingerprint density at radius 2 is 1.76 bits per heavy atom. The smallest absolute Gasteiger partial charge is 0.234 e. The van der Waals surface area contributed by atoms with Gasteiger partial charge >= 0.3 is 0 Å². The molecule has 168 valence electrons. The van der Waals surface area contributed by atoms with Gasteiger partial charge in [-0.3, -0.25) is 9.36 Å². The Kier molecular flexibility index (Phi) is 7.47. The monoisotopic (exact) mass is 476 g/mol. The molecule has 1 aromatic heterocycles. The van der Waals surface area contributed by atoms with Gasteiger partial charge in [0.2, 0.25) is 5.91 Å². The third-order valence-corrected chi connectivity index (χ3v) is 6.65. The fraction of sp³-hybridized carbons (Fsp3) is 0.192. The molecule has 0 unspecified atom stereocenters. The normalized spacial score (nSPS) is 10.9. The van der Waals surface area contributed by atoms with E-state index in [1.54, 1.807) is 0 Å². The van der Waals surface area contributed by atoms with Crippen molar-refractivity contribution < 1.29 is 4.79 Å². The van der Waals surface area contributed by atoms with Crippen molar-refractivity contribution >= 4 is 35.0 Å². The lowest BCUT2D eigenvalue weighted by atomic mass is 10.1. The molecule has 7 heteroatoms. The second kappa shape index (κ2) is 10.7. The maximum absolute atomic E-state index is 12.8. The Bertz CT molecular complexity index is 1260. The molecule has 1 amide bonds. The van der Waals surface area contributed by atoms with E-state index >= 15 is 0 Å². The van der Waals surface area contributed by atoms with Crippen molar-refractivity contribution in [3.8, 4) is 11.4 Å². The second-order valence-corrected chi connectivity index (χ2v) is 9.01. The lowest BCUT2D eigenvalue weighted by molar-refractivity contribution is -0.113. The van der Waals surface area contributed by atoms with Gasteiger partial charge in [0.15, 0.2) is 11.0 Å². The molecule has 0 bridgehead atoms. The number of hydrogen-bond acceptors (Lipinski definition) is 4. The molecule has 1 heterocycles. The number of aromatic nitrogens is 3. The van der Waals surface area contributed by atoms with Crippen LogP contribution in [0.15, 0.2) is 78.0 Å². The van der Waals surface area contributed by atoms with Crippen LogP contribution < -0.4 is 5.32 Å². The average Bonchev–Trinajstić information content (AvgIpc) is 3.22. The first-order valence-corrected chi connectivity index (χ1v) is 12.2. The van der Waals surface area contributed by atoms with E-state index in [0.29, 0.717) is 22.5 Å². The van der Waals surface area contributed by atoms with Crippen LogP contribution in [0.1, 0.15) is 23.6 Å². The number of rotatable bonds is 8. The standard InChI is InChI=1S/C26H25ClN4OS/c1-3-20-13-9-10-18(2)24(20)28-23(32)17-33-26-30-29-25(21-14-7-8-15-22(21)27)31(26)16-19-11-5-4-6-12-19/h4-15H,3,16-17H2,1-2H3,(H,28,32).